The summed E-state index contributed by atoms with van der Waals surface area (Å²) in [6.07, 6.45) is 7.47. The van der Waals surface area contributed by atoms with Crippen molar-refractivity contribution in [3.8, 4) is 11.8 Å². The lowest BCUT2D eigenvalue weighted by atomic mass is 10.2. The summed E-state index contributed by atoms with van der Waals surface area (Å²) < 4.78 is 0. The molecule has 0 nitrogen and oxygen atoms in total. The third-order valence-electron chi connectivity index (χ3n) is 1.21. The van der Waals surface area contributed by atoms with Gasteiger partial charge in [-0.1, -0.05) is 13.0 Å². The van der Waals surface area contributed by atoms with E-state index in [1.165, 1.54) is 12.8 Å². The van der Waals surface area contributed by atoms with Crippen LogP contribution in [0.3, 0.4) is 0 Å². The number of rotatable bonds is 4. The third kappa shape index (κ3) is 7.30. The van der Waals surface area contributed by atoms with Gasteiger partial charge in [0.15, 0.2) is 0 Å². The van der Waals surface area contributed by atoms with Crippen molar-refractivity contribution in [2.45, 2.75) is 39.0 Å². The topological polar surface area (TPSA) is 0 Å². The largest absolute Gasteiger partial charge is 0.103 e. The minimum absolute atomic E-state index is 1.03. The summed E-state index contributed by atoms with van der Waals surface area (Å²) >= 11 is 0. The van der Waals surface area contributed by atoms with Gasteiger partial charge in [-0.2, -0.15) is 0 Å². The van der Waals surface area contributed by atoms with Crippen LogP contribution in [0.5, 0.6) is 0 Å². The summed E-state index contributed by atoms with van der Waals surface area (Å²) in [6, 6.07) is 0. The van der Waals surface area contributed by atoms with Gasteiger partial charge in [0.1, 0.15) is 0 Å². The maximum atomic E-state index is 3.65. The highest BCUT2D eigenvalue weighted by atomic mass is 13.8. The predicted octanol–water partition coefficient (Wildman–Crippen LogP) is 3.15. The van der Waals surface area contributed by atoms with Crippen LogP contribution in [0.1, 0.15) is 39.0 Å². The third-order valence-corrected chi connectivity index (χ3v) is 1.21. The van der Waals surface area contributed by atoms with Gasteiger partial charge >= 0.3 is 0 Å². The van der Waals surface area contributed by atoms with Crippen LogP contribution in [0.15, 0.2) is 12.7 Å². The second-order valence-electron chi connectivity index (χ2n) is 2.28. The molecule has 0 radical (unpaired) electrons. The summed E-state index contributed by atoms with van der Waals surface area (Å²) in [5.74, 6) is 6.23. The van der Waals surface area contributed by atoms with Crippen LogP contribution < -0.4 is 0 Å². The second-order valence-corrected chi connectivity index (χ2v) is 2.28. The van der Waals surface area contributed by atoms with Gasteiger partial charge in [-0.25, -0.2) is 0 Å². The molecule has 0 rings (SSSR count). The van der Waals surface area contributed by atoms with Gasteiger partial charge in [0.25, 0.3) is 0 Å². The van der Waals surface area contributed by atoms with Gasteiger partial charge in [-0.3, -0.25) is 0 Å². The molecule has 0 heteroatoms. The van der Waals surface area contributed by atoms with Crippen LogP contribution in [0.25, 0.3) is 0 Å². The van der Waals surface area contributed by atoms with Gasteiger partial charge in [-0.05, 0) is 19.3 Å². The standard InChI is InChI=1S/C10H16/c1-3-5-7-9-10-8-6-4-2/h3H,1,4-7,9H2,2H3. The fraction of sp³-hybridized carbons (Fsp3) is 0.600. The van der Waals surface area contributed by atoms with E-state index in [1.54, 1.807) is 0 Å². The van der Waals surface area contributed by atoms with Crippen LogP contribution >= 0.6 is 0 Å². The zero-order valence-corrected chi connectivity index (χ0v) is 6.82. The van der Waals surface area contributed by atoms with Crippen molar-refractivity contribution in [1.29, 1.82) is 0 Å². The smallest absolute Gasteiger partial charge is 0.00916 e. The molecule has 0 aliphatic heterocycles. The molecule has 0 fully saturated rings. The van der Waals surface area contributed by atoms with Crippen molar-refractivity contribution in [1.82, 2.24) is 0 Å². The van der Waals surface area contributed by atoms with E-state index in [0.29, 0.717) is 0 Å². The van der Waals surface area contributed by atoms with Crippen LogP contribution in [-0.2, 0) is 0 Å². The Kier molecular flexibility index (Phi) is 7.72. The SMILES string of the molecule is C=CCCCC#CCCC. The zero-order valence-electron chi connectivity index (χ0n) is 6.82. The molecule has 0 aromatic rings. The highest BCUT2D eigenvalue weighted by Gasteiger charge is 1.77. The van der Waals surface area contributed by atoms with Crippen LogP contribution in [0, 0.1) is 11.8 Å². The summed E-state index contributed by atoms with van der Waals surface area (Å²) in [4.78, 5) is 0. The average molecular weight is 136 g/mol. The summed E-state index contributed by atoms with van der Waals surface area (Å²) in [5, 5.41) is 0. The summed E-state index contributed by atoms with van der Waals surface area (Å²) in [6.45, 7) is 5.80. The van der Waals surface area contributed by atoms with Crippen LogP contribution in [0.4, 0.5) is 0 Å². The first kappa shape index (κ1) is 9.30. The summed E-state index contributed by atoms with van der Waals surface area (Å²) in [5.41, 5.74) is 0. The number of allylic oxidation sites excluding steroid dienone is 1. The molecular weight excluding hydrogens is 120 g/mol. The Bertz CT molecular complexity index is 123. The quantitative estimate of drug-likeness (QED) is 0.316. The maximum absolute atomic E-state index is 3.65. The number of unbranched alkanes of at least 4 members (excludes halogenated alkanes) is 3. The van der Waals surface area contributed by atoms with Gasteiger partial charge in [0.05, 0.1) is 0 Å². The molecule has 10 heavy (non-hydrogen) atoms. The fourth-order valence-corrected chi connectivity index (χ4v) is 0.637. The first-order valence-corrected chi connectivity index (χ1v) is 3.98. The predicted molar refractivity (Wildman–Crippen MR) is 46.7 cm³/mol. The molecule has 0 aliphatic rings. The molecule has 0 amide bonds. The average Bonchev–Trinajstić information content (AvgIpc) is 1.97. The van der Waals surface area contributed by atoms with Gasteiger partial charge < -0.3 is 0 Å². The number of hydrogen-bond donors (Lipinski definition) is 0. The van der Waals surface area contributed by atoms with Crippen molar-refractivity contribution < 1.29 is 0 Å². The molecule has 0 N–H and O–H groups in total. The van der Waals surface area contributed by atoms with E-state index in [1.807, 2.05) is 6.08 Å². The molecule has 0 aromatic carbocycles. The Morgan fingerprint density at radius 2 is 2.00 bits per heavy atom. The van der Waals surface area contributed by atoms with E-state index in [-0.39, 0.29) is 0 Å². The number of hydrogen-bond acceptors (Lipinski definition) is 0. The van der Waals surface area contributed by atoms with E-state index in [9.17, 15) is 0 Å². The molecule has 0 atom stereocenters. The van der Waals surface area contributed by atoms with Crippen LogP contribution in [0.2, 0.25) is 0 Å². The highest BCUT2D eigenvalue weighted by molar-refractivity contribution is 4.98. The molecule has 0 aliphatic carbocycles. The van der Waals surface area contributed by atoms with E-state index >= 15 is 0 Å². The van der Waals surface area contributed by atoms with Crippen molar-refractivity contribution >= 4 is 0 Å². The first-order valence-electron chi connectivity index (χ1n) is 3.98. The Hall–Kier alpha value is -0.700. The Labute approximate surface area is 64.3 Å². The molecule has 0 bridgehead atoms. The van der Waals surface area contributed by atoms with Crippen molar-refractivity contribution in [3.05, 3.63) is 12.7 Å². The van der Waals surface area contributed by atoms with Crippen LogP contribution in [-0.4, -0.2) is 0 Å². The fourth-order valence-electron chi connectivity index (χ4n) is 0.637. The van der Waals surface area contributed by atoms with Gasteiger partial charge in [0.2, 0.25) is 0 Å². The molecule has 0 saturated carbocycles. The Morgan fingerprint density at radius 3 is 2.60 bits per heavy atom. The Morgan fingerprint density at radius 1 is 1.30 bits per heavy atom. The lowest BCUT2D eigenvalue weighted by Gasteiger charge is -1.84. The van der Waals surface area contributed by atoms with E-state index in [0.717, 1.165) is 19.3 Å². The zero-order chi connectivity index (χ0) is 7.66. The first-order chi connectivity index (χ1) is 4.91. The lowest BCUT2D eigenvalue weighted by Crippen LogP contribution is -1.68. The molecule has 0 spiro atoms. The van der Waals surface area contributed by atoms with E-state index < -0.39 is 0 Å². The molecule has 0 aromatic heterocycles. The lowest BCUT2D eigenvalue weighted by molar-refractivity contribution is 0.883. The van der Waals surface area contributed by atoms with Crippen molar-refractivity contribution in [2.24, 2.45) is 0 Å². The molecule has 56 valence electrons. The molecular formula is C10H16. The van der Waals surface area contributed by atoms with E-state index in [2.05, 4.69) is 25.3 Å². The van der Waals surface area contributed by atoms with Crippen molar-refractivity contribution in [3.63, 3.8) is 0 Å². The summed E-state index contributed by atoms with van der Waals surface area (Å²) in [7, 11) is 0. The van der Waals surface area contributed by atoms with E-state index in [4.69, 9.17) is 0 Å². The molecule has 0 saturated heterocycles. The minimum atomic E-state index is 1.03. The normalized spacial score (nSPS) is 8.10. The molecule has 0 unspecified atom stereocenters. The molecule has 0 heterocycles. The highest BCUT2D eigenvalue weighted by Crippen LogP contribution is 1.93. The second kappa shape index (κ2) is 8.30. The monoisotopic (exact) mass is 136 g/mol. The van der Waals surface area contributed by atoms with Gasteiger partial charge in [0, 0.05) is 12.8 Å². The van der Waals surface area contributed by atoms with Crippen molar-refractivity contribution in [2.75, 3.05) is 0 Å². The maximum Gasteiger partial charge on any atom is 0.00916 e. The van der Waals surface area contributed by atoms with Gasteiger partial charge in [-0.15, -0.1) is 18.4 Å². The Balaban J connectivity index is 3.03. The minimum Gasteiger partial charge on any atom is -0.103 e.